The van der Waals surface area contributed by atoms with Gasteiger partial charge < -0.3 is 15.2 Å². The van der Waals surface area contributed by atoms with Gasteiger partial charge in [0.1, 0.15) is 0 Å². The minimum atomic E-state index is -0.835. The first-order valence-electron chi connectivity index (χ1n) is 5.68. The molecule has 0 aromatic carbocycles. The third-order valence-corrected chi connectivity index (χ3v) is 2.88. The maximum absolute atomic E-state index is 10.4. The number of hydrogen-bond acceptors (Lipinski definition) is 3. The summed E-state index contributed by atoms with van der Waals surface area (Å²) in [5.41, 5.74) is 0. The molecule has 1 amide bonds. The van der Waals surface area contributed by atoms with Crippen molar-refractivity contribution in [2.24, 2.45) is 0 Å². The summed E-state index contributed by atoms with van der Waals surface area (Å²) in [6.45, 7) is 2.03. The quantitative estimate of drug-likeness (QED) is 0.637. The normalized spacial score (nSPS) is 26.3. The second kappa shape index (κ2) is 6.48. The first-order chi connectivity index (χ1) is 7.61. The topological polar surface area (TPSA) is 75.6 Å². The number of ether oxygens (including phenoxy) is 1. The summed E-state index contributed by atoms with van der Waals surface area (Å²) in [7, 11) is 0. The zero-order chi connectivity index (χ0) is 12.0. The molecular weight excluding hydrogens is 210 g/mol. The molecule has 0 saturated carbocycles. The average molecular weight is 229 g/mol. The minimum absolute atomic E-state index is 0.0772. The summed E-state index contributed by atoms with van der Waals surface area (Å²) in [5, 5.41) is 11.2. The van der Waals surface area contributed by atoms with E-state index in [-0.39, 0.29) is 24.7 Å². The molecule has 1 heterocycles. The van der Waals surface area contributed by atoms with Crippen LogP contribution in [0.2, 0.25) is 0 Å². The highest BCUT2D eigenvalue weighted by atomic mass is 16.5. The number of amides is 1. The maximum Gasteiger partial charge on any atom is 0.303 e. The molecule has 0 spiro atoms. The molecule has 0 aromatic heterocycles. The highest BCUT2D eigenvalue weighted by Crippen LogP contribution is 2.23. The van der Waals surface area contributed by atoms with Crippen LogP contribution in [0, 0.1) is 0 Å². The van der Waals surface area contributed by atoms with E-state index in [1.54, 1.807) is 0 Å². The van der Waals surface area contributed by atoms with Gasteiger partial charge >= 0.3 is 5.97 Å². The van der Waals surface area contributed by atoms with Gasteiger partial charge in [0.25, 0.3) is 0 Å². The Morgan fingerprint density at radius 3 is 2.88 bits per heavy atom. The van der Waals surface area contributed by atoms with Gasteiger partial charge in [-0.3, -0.25) is 9.59 Å². The molecule has 3 unspecified atom stereocenters. The Morgan fingerprint density at radius 2 is 2.38 bits per heavy atom. The molecular formula is C11H19NO4. The van der Waals surface area contributed by atoms with Gasteiger partial charge in [0.2, 0.25) is 6.41 Å². The lowest BCUT2D eigenvalue weighted by Gasteiger charge is -2.19. The van der Waals surface area contributed by atoms with Gasteiger partial charge in [0.15, 0.2) is 0 Å². The van der Waals surface area contributed by atoms with Crippen LogP contribution in [-0.4, -0.2) is 35.7 Å². The number of rotatable bonds is 7. The van der Waals surface area contributed by atoms with E-state index in [0.29, 0.717) is 19.3 Å². The van der Waals surface area contributed by atoms with Crippen molar-refractivity contribution in [3.05, 3.63) is 0 Å². The Balaban J connectivity index is 2.31. The molecule has 2 N–H and O–H groups in total. The van der Waals surface area contributed by atoms with Crippen LogP contribution in [0.1, 0.15) is 39.0 Å². The molecule has 3 atom stereocenters. The van der Waals surface area contributed by atoms with Crippen molar-refractivity contribution in [1.29, 1.82) is 0 Å². The number of carboxylic acid groups (broad SMARTS) is 1. The molecule has 0 aliphatic carbocycles. The highest BCUT2D eigenvalue weighted by Gasteiger charge is 2.24. The number of nitrogens with one attached hydrogen (secondary N) is 1. The summed E-state index contributed by atoms with van der Waals surface area (Å²) in [5.74, 6) is -0.835. The van der Waals surface area contributed by atoms with Crippen molar-refractivity contribution in [2.45, 2.75) is 57.3 Å². The van der Waals surface area contributed by atoms with Gasteiger partial charge in [-0.05, 0) is 32.6 Å². The zero-order valence-corrected chi connectivity index (χ0v) is 9.52. The van der Waals surface area contributed by atoms with Gasteiger partial charge in [-0.15, -0.1) is 0 Å². The van der Waals surface area contributed by atoms with Crippen LogP contribution in [0.4, 0.5) is 0 Å². The van der Waals surface area contributed by atoms with Crippen molar-refractivity contribution in [1.82, 2.24) is 5.32 Å². The molecule has 1 fully saturated rings. The summed E-state index contributed by atoms with van der Waals surface area (Å²) >= 11 is 0. The standard InChI is InChI=1S/C11H19NO4/c1-8-2-4-10(16-8)6-9(12-7-13)3-5-11(14)15/h7-10H,2-6H2,1H3,(H,12,13)(H,14,15). The Bertz CT molecular complexity index is 244. The van der Waals surface area contributed by atoms with Crippen molar-refractivity contribution in [2.75, 3.05) is 0 Å². The lowest BCUT2D eigenvalue weighted by molar-refractivity contribution is -0.137. The third kappa shape index (κ3) is 4.61. The van der Waals surface area contributed by atoms with E-state index in [0.717, 1.165) is 12.8 Å². The van der Waals surface area contributed by atoms with E-state index in [1.807, 2.05) is 6.92 Å². The molecule has 5 heteroatoms. The lowest BCUT2D eigenvalue weighted by Crippen LogP contribution is -2.32. The summed E-state index contributed by atoms with van der Waals surface area (Å²) in [6, 6.07) is -0.0936. The molecule has 1 aliphatic heterocycles. The van der Waals surface area contributed by atoms with Crippen molar-refractivity contribution >= 4 is 12.4 Å². The molecule has 0 aromatic rings. The summed E-state index contributed by atoms with van der Waals surface area (Å²) < 4.78 is 5.64. The first kappa shape index (κ1) is 13.0. The van der Waals surface area contributed by atoms with E-state index in [2.05, 4.69) is 5.32 Å². The van der Waals surface area contributed by atoms with Crippen molar-refractivity contribution < 1.29 is 19.4 Å². The van der Waals surface area contributed by atoms with Crippen molar-refractivity contribution in [3.63, 3.8) is 0 Å². The Hall–Kier alpha value is -1.10. The number of carbonyl (C=O) groups excluding carboxylic acids is 1. The molecule has 1 saturated heterocycles. The maximum atomic E-state index is 10.4. The average Bonchev–Trinajstić information content (AvgIpc) is 2.61. The predicted octanol–water partition coefficient (Wildman–Crippen LogP) is 0.923. The van der Waals surface area contributed by atoms with E-state index in [4.69, 9.17) is 9.84 Å². The van der Waals surface area contributed by atoms with Crippen molar-refractivity contribution in [3.8, 4) is 0 Å². The monoisotopic (exact) mass is 229 g/mol. The molecule has 0 bridgehead atoms. The van der Waals surface area contributed by atoms with Crippen LogP contribution in [0.5, 0.6) is 0 Å². The molecule has 16 heavy (non-hydrogen) atoms. The molecule has 1 aliphatic rings. The Morgan fingerprint density at radius 1 is 1.62 bits per heavy atom. The smallest absolute Gasteiger partial charge is 0.303 e. The summed E-state index contributed by atoms with van der Waals surface area (Å²) in [6.07, 6.45) is 4.34. The molecule has 5 nitrogen and oxygen atoms in total. The van der Waals surface area contributed by atoms with Gasteiger partial charge in [-0.25, -0.2) is 0 Å². The fourth-order valence-corrected chi connectivity index (χ4v) is 2.04. The number of carbonyl (C=O) groups is 2. The van der Waals surface area contributed by atoms with E-state index in [1.165, 1.54) is 0 Å². The van der Waals surface area contributed by atoms with Crippen LogP contribution in [0.25, 0.3) is 0 Å². The predicted molar refractivity (Wildman–Crippen MR) is 58.0 cm³/mol. The number of aliphatic carboxylic acids is 1. The van der Waals surface area contributed by atoms with E-state index in [9.17, 15) is 9.59 Å². The summed E-state index contributed by atoms with van der Waals surface area (Å²) in [4.78, 5) is 20.8. The largest absolute Gasteiger partial charge is 0.481 e. The molecule has 1 rings (SSSR count). The third-order valence-electron chi connectivity index (χ3n) is 2.88. The SMILES string of the molecule is CC1CCC(CC(CCC(=O)O)NC=O)O1. The van der Waals surface area contributed by atoms with Gasteiger partial charge in [-0.1, -0.05) is 0 Å². The highest BCUT2D eigenvalue weighted by molar-refractivity contribution is 5.66. The number of hydrogen-bond donors (Lipinski definition) is 2. The fourth-order valence-electron chi connectivity index (χ4n) is 2.04. The zero-order valence-electron chi connectivity index (χ0n) is 9.52. The van der Waals surface area contributed by atoms with Gasteiger partial charge in [0, 0.05) is 12.5 Å². The Labute approximate surface area is 95.2 Å². The Kier molecular flexibility index (Phi) is 5.25. The fraction of sp³-hybridized carbons (Fsp3) is 0.818. The van der Waals surface area contributed by atoms with E-state index < -0.39 is 5.97 Å². The van der Waals surface area contributed by atoms with Crippen LogP contribution >= 0.6 is 0 Å². The lowest BCUT2D eigenvalue weighted by atomic mass is 10.0. The first-order valence-corrected chi connectivity index (χ1v) is 5.68. The van der Waals surface area contributed by atoms with Crippen LogP contribution in [0.3, 0.4) is 0 Å². The van der Waals surface area contributed by atoms with Crippen LogP contribution in [-0.2, 0) is 14.3 Å². The van der Waals surface area contributed by atoms with E-state index >= 15 is 0 Å². The van der Waals surface area contributed by atoms with Gasteiger partial charge in [-0.2, -0.15) is 0 Å². The number of carboxylic acids is 1. The molecule has 92 valence electrons. The van der Waals surface area contributed by atoms with Crippen LogP contribution < -0.4 is 5.32 Å². The van der Waals surface area contributed by atoms with Crippen LogP contribution in [0.15, 0.2) is 0 Å². The van der Waals surface area contributed by atoms with Gasteiger partial charge in [0.05, 0.1) is 12.2 Å². The second-order valence-corrected chi connectivity index (χ2v) is 4.30. The second-order valence-electron chi connectivity index (χ2n) is 4.30. The molecule has 0 radical (unpaired) electrons. The minimum Gasteiger partial charge on any atom is -0.481 e.